The number of benzene rings is 2. The lowest BCUT2D eigenvalue weighted by Gasteiger charge is -2.13. The van der Waals surface area contributed by atoms with Crippen molar-refractivity contribution in [3.8, 4) is 11.5 Å². The average Bonchev–Trinajstić information content (AvgIpc) is 2.64. The first kappa shape index (κ1) is 21.1. The number of amides is 1. The molecule has 0 aromatic heterocycles. The number of hydrogen-bond donors (Lipinski definition) is 2. The molecule has 6 nitrogen and oxygen atoms in total. The number of carboxylic acid groups (broad SMARTS) is 1. The molecular weight excluding hydrogens is 379 g/mol. The maximum absolute atomic E-state index is 12.3. The van der Waals surface area contributed by atoms with E-state index in [4.69, 9.17) is 14.6 Å². The molecule has 2 aromatic carbocycles. The van der Waals surface area contributed by atoms with Gasteiger partial charge in [0.25, 0.3) is 0 Å². The van der Waals surface area contributed by atoms with Crippen molar-refractivity contribution in [2.75, 3.05) is 19.0 Å². The zero-order valence-corrected chi connectivity index (χ0v) is 14.9. The Morgan fingerprint density at radius 2 is 1.86 bits per heavy atom. The Balaban J connectivity index is 1.95. The fourth-order valence-corrected chi connectivity index (χ4v) is 2.36. The van der Waals surface area contributed by atoms with E-state index in [1.54, 1.807) is 12.1 Å². The maximum Gasteiger partial charge on any atom is 0.422 e. The third kappa shape index (κ3) is 6.49. The van der Waals surface area contributed by atoms with Crippen molar-refractivity contribution >= 4 is 17.6 Å². The summed E-state index contributed by atoms with van der Waals surface area (Å²) < 4.78 is 46.6. The summed E-state index contributed by atoms with van der Waals surface area (Å²) in [4.78, 5) is 23.0. The highest BCUT2D eigenvalue weighted by Crippen LogP contribution is 2.30. The highest BCUT2D eigenvalue weighted by Gasteiger charge is 2.29. The third-order valence-electron chi connectivity index (χ3n) is 3.65. The van der Waals surface area contributed by atoms with Crippen molar-refractivity contribution in [2.45, 2.75) is 19.0 Å². The Labute approximate surface area is 158 Å². The molecule has 150 valence electrons. The number of methoxy groups -OCH3 is 1. The van der Waals surface area contributed by atoms with Crippen LogP contribution in [0.4, 0.5) is 18.9 Å². The summed E-state index contributed by atoms with van der Waals surface area (Å²) >= 11 is 0. The predicted molar refractivity (Wildman–Crippen MR) is 94.9 cm³/mol. The summed E-state index contributed by atoms with van der Waals surface area (Å²) in [7, 11) is 1.31. The van der Waals surface area contributed by atoms with Gasteiger partial charge in [0.15, 0.2) is 18.1 Å². The predicted octanol–water partition coefficient (Wildman–Crippen LogP) is 3.91. The molecule has 2 aromatic rings. The Morgan fingerprint density at radius 1 is 1.11 bits per heavy atom. The minimum atomic E-state index is -4.46. The number of halogens is 3. The minimum Gasteiger partial charge on any atom is -0.493 e. The molecule has 0 spiro atoms. The van der Waals surface area contributed by atoms with Gasteiger partial charge in [0, 0.05) is 12.1 Å². The van der Waals surface area contributed by atoms with Gasteiger partial charge in [-0.25, -0.2) is 4.79 Å². The van der Waals surface area contributed by atoms with Gasteiger partial charge in [-0.1, -0.05) is 12.1 Å². The molecule has 0 aliphatic rings. The maximum atomic E-state index is 12.3. The van der Waals surface area contributed by atoms with Crippen molar-refractivity contribution < 1.29 is 37.3 Å². The fraction of sp³-hybridized carbons (Fsp3) is 0.263. The summed E-state index contributed by atoms with van der Waals surface area (Å²) in [5.41, 5.74) is 1.08. The molecule has 0 heterocycles. The van der Waals surface area contributed by atoms with E-state index >= 15 is 0 Å². The normalized spacial score (nSPS) is 11.0. The third-order valence-corrected chi connectivity index (χ3v) is 3.65. The van der Waals surface area contributed by atoms with E-state index in [0.29, 0.717) is 17.7 Å². The van der Waals surface area contributed by atoms with Crippen molar-refractivity contribution in [1.29, 1.82) is 0 Å². The number of alkyl halides is 3. The summed E-state index contributed by atoms with van der Waals surface area (Å²) in [6.45, 7) is -1.43. The van der Waals surface area contributed by atoms with Gasteiger partial charge in [-0.3, -0.25) is 4.79 Å². The van der Waals surface area contributed by atoms with Crippen LogP contribution in [-0.2, 0) is 11.2 Å². The number of anilines is 1. The lowest BCUT2D eigenvalue weighted by molar-refractivity contribution is -0.153. The number of hydrogen-bond acceptors (Lipinski definition) is 4. The van der Waals surface area contributed by atoms with E-state index in [2.05, 4.69) is 5.32 Å². The van der Waals surface area contributed by atoms with Gasteiger partial charge in [0.2, 0.25) is 5.91 Å². The van der Waals surface area contributed by atoms with Crippen LogP contribution >= 0.6 is 0 Å². The van der Waals surface area contributed by atoms with Crippen molar-refractivity contribution in [1.82, 2.24) is 0 Å². The molecule has 0 radical (unpaired) electrons. The summed E-state index contributed by atoms with van der Waals surface area (Å²) in [6, 6.07) is 10.2. The van der Waals surface area contributed by atoms with Crippen molar-refractivity contribution in [3.05, 3.63) is 53.6 Å². The second-order valence-electron chi connectivity index (χ2n) is 5.82. The van der Waals surface area contributed by atoms with Crippen LogP contribution in [-0.4, -0.2) is 36.9 Å². The molecule has 0 unspecified atom stereocenters. The van der Waals surface area contributed by atoms with Crippen molar-refractivity contribution in [2.24, 2.45) is 0 Å². The van der Waals surface area contributed by atoms with E-state index in [9.17, 15) is 22.8 Å². The molecule has 28 heavy (non-hydrogen) atoms. The monoisotopic (exact) mass is 397 g/mol. The molecule has 0 saturated carbocycles. The second-order valence-corrected chi connectivity index (χ2v) is 5.82. The van der Waals surface area contributed by atoms with Crippen LogP contribution < -0.4 is 14.8 Å². The topological polar surface area (TPSA) is 84.9 Å². The molecule has 1 amide bonds. The van der Waals surface area contributed by atoms with Gasteiger partial charge in [-0.15, -0.1) is 0 Å². The number of aryl methyl sites for hydroxylation is 1. The van der Waals surface area contributed by atoms with Crippen LogP contribution in [0.25, 0.3) is 0 Å². The number of carbonyl (C=O) groups excluding carboxylic acids is 1. The average molecular weight is 397 g/mol. The minimum absolute atomic E-state index is 0.0430. The number of nitrogens with one attached hydrogen (secondary N) is 1. The highest BCUT2D eigenvalue weighted by molar-refractivity contribution is 5.93. The Bertz CT molecular complexity index is 852. The molecular formula is C19H18F3NO5. The molecule has 2 N–H and O–H groups in total. The smallest absolute Gasteiger partial charge is 0.422 e. The molecule has 0 aliphatic heterocycles. The number of ether oxygens (including phenoxy) is 2. The van der Waals surface area contributed by atoms with Gasteiger partial charge in [0.05, 0.1) is 12.7 Å². The zero-order chi connectivity index (χ0) is 20.7. The van der Waals surface area contributed by atoms with Gasteiger partial charge >= 0.3 is 12.1 Å². The van der Waals surface area contributed by atoms with Gasteiger partial charge < -0.3 is 19.9 Å². The Morgan fingerprint density at radius 3 is 2.50 bits per heavy atom. The van der Waals surface area contributed by atoms with E-state index in [1.807, 2.05) is 0 Å². The zero-order valence-electron chi connectivity index (χ0n) is 14.9. The van der Waals surface area contributed by atoms with Crippen LogP contribution in [0.2, 0.25) is 0 Å². The van der Waals surface area contributed by atoms with E-state index in [0.717, 1.165) is 0 Å². The molecule has 0 saturated heterocycles. The molecule has 0 bridgehead atoms. The number of aromatic carboxylic acids is 1. The van der Waals surface area contributed by atoms with Crippen LogP contribution in [0.5, 0.6) is 11.5 Å². The first-order valence-electron chi connectivity index (χ1n) is 8.17. The largest absolute Gasteiger partial charge is 0.493 e. The van der Waals surface area contributed by atoms with Gasteiger partial charge in [0.1, 0.15) is 0 Å². The first-order chi connectivity index (χ1) is 13.2. The van der Waals surface area contributed by atoms with E-state index in [-0.39, 0.29) is 29.4 Å². The SMILES string of the molecule is COc1cc(CCC(=O)Nc2cccc(C(=O)O)c2)ccc1OCC(F)(F)F. The summed E-state index contributed by atoms with van der Waals surface area (Å²) in [5, 5.41) is 11.6. The lowest BCUT2D eigenvalue weighted by atomic mass is 10.1. The quantitative estimate of drug-likeness (QED) is 0.706. The number of carboxylic acids is 1. The molecule has 2 rings (SSSR count). The fourth-order valence-electron chi connectivity index (χ4n) is 2.36. The van der Waals surface area contributed by atoms with E-state index in [1.165, 1.54) is 37.4 Å². The number of carbonyl (C=O) groups is 2. The lowest BCUT2D eigenvalue weighted by Crippen LogP contribution is -2.19. The van der Waals surface area contributed by atoms with Crippen molar-refractivity contribution in [3.63, 3.8) is 0 Å². The van der Waals surface area contributed by atoms with Crippen LogP contribution in [0.1, 0.15) is 22.3 Å². The Hall–Kier alpha value is -3.23. The van der Waals surface area contributed by atoms with Crippen LogP contribution in [0.3, 0.4) is 0 Å². The molecule has 0 aliphatic carbocycles. The first-order valence-corrected chi connectivity index (χ1v) is 8.17. The molecule has 0 fully saturated rings. The highest BCUT2D eigenvalue weighted by atomic mass is 19.4. The van der Waals surface area contributed by atoms with Crippen LogP contribution in [0, 0.1) is 0 Å². The van der Waals surface area contributed by atoms with Gasteiger partial charge in [-0.05, 0) is 42.3 Å². The summed E-state index contributed by atoms with van der Waals surface area (Å²) in [5.74, 6) is -1.34. The summed E-state index contributed by atoms with van der Waals surface area (Å²) in [6.07, 6.45) is -4.07. The molecule has 0 atom stereocenters. The van der Waals surface area contributed by atoms with E-state index < -0.39 is 18.8 Å². The molecule has 9 heteroatoms. The van der Waals surface area contributed by atoms with Crippen LogP contribution in [0.15, 0.2) is 42.5 Å². The second kappa shape index (κ2) is 9.12. The van der Waals surface area contributed by atoms with Gasteiger partial charge in [-0.2, -0.15) is 13.2 Å². The number of rotatable bonds is 8. The Kier molecular flexibility index (Phi) is 6.86. The standard InChI is InChI=1S/C19H18F3NO5/c1-27-16-9-12(5-7-15(16)28-11-19(20,21)22)6-8-17(24)23-14-4-2-3-13(10-14)18(25)26/h2-5,7,9-10H,6,8,11H2,1H3,(H,23,24)(H,25,26).